The van der Waals surface area contributed by atoms with Crippen molar-refractivity contribution in [3.63, 3.8) is 0 Å². The summed E-state index contributed by atoms with van der Waals surface area (Å²) in [4.78, 5) is 4.59. The first-order chi connectivity index (χ1) is 1.41. The maximum absolute atomic E-state index is 2.30. The van der Waals surface area contributed by atoms with Crippen molar-refractivity contribution < 1.29 is 20.3 Å². The molecule has 0 aromatic heterocycles. The van der Waals surface area contributed by atoms with Gasteiger partial charge < -0.3 is 1.43 Å². The summed E-state index contributed by atoms with van der Waals surface area (Å²) in [5, 5.41) is 0. The standard InChI is InChI=1S/2CH3.Li.Sn.H/h2*1H3;;;/q;;+1;;-1. The van der Waals surface area contributed by atoms with Crippen LogP contribution in [0.1, 0.15) is 1.43 Å². The van der Waals surface area contributed by atoms with E-state index in [1.54, 1.807) is 0 Å². The molecule has 2 heteroatoms. The fourth-order valence-electron chi connectivity index (χ4n) is 0. The maximum atomic E-state index is 2.30. The molecule has 0 N–H and O–H groups in total. The van der Waals surface area contributed by atoms with Crippen LogP contribution in [0.25, 0.3) is 0 Å². The zero-order chi connectivity index (χ0) is 2.71. The molecule has 0 heterocycles. The van der Waals surface area contributed by atoms with Crippen molar-refractivity contribution >= 4 is 21.1 Å². The van der Waals surface area contributed by atoms with Gasteiger partial charge in [0.1, 0.15) is 0 Å². The molecule has 0 saturated carbocycles. The van der Waals surface area contributed by atoms with Gasteiger partial charge in [-0.2, -0.15) is 0 Å². The van der Waals surface area contributed by atoms with Gasteiger partial charge in [0.15, 0.2) is 0 Å². The zero-order valence-corrected chi connectivity index (χ0v) is 6.35. The van der Waals surface area contributed by atoms with E-state index in [4.69, 9.17) is 0 Å². The van der Waals surface area contributed by atoms with Crippen molar-refractivity contribution in [3.05, 3.63) is 0 Å². The summed E-state index contributed by atoms with van der Waals surface area (Å²) in [6, 6.07) is 0. The summed E-state index contributed by atoms with van der Waals surface area (Å²) in [6.07, 6.45) is 0. The van der Waals surface area contributed by atoms with Crippen molar-refractivity contribution in [1.29, 1.82) is 0 Å². The maximum Gasteiger partial charge on any atom is 1.00 e. The molecule has 0 spiro atoms. The van der Waals surface area contributed by atoms with Crippen LogP contribution in [0.15, 0.2) is 0 Å². The van der Waals surface area contributed by atoms with Gasteiger partial charge in [0, 0.05) is 0 Å². The van der Waals surface area contributed by atoms with Crippen LogP contribution < -0.4 is 18.9 Å². The van der Waals surface area contributed by atoms with Crippen LogP contribution in [0, 0.1) is 0 Å². The van der Waals surface area contributed by atoms with Crippen LogP contribution in [0.3, 0.4) is 0 Å². The first-order valence-electron chi connectivity index (χ1n) is 1.00. The normalized spacial score (nSPS) is 4.50. The molecule has 0 rings (SSSR count). The molecule has 2 radical (unpaired) electrons. The minimum atomic E-state index is 0. The Morgan fingerprint density at radius 1 is 1.50 bits per heavy atom. The van der Waals surface area contributed by atoms with Gasteiger partial charge in [-0.15, -0.1) is 0 Å². The second-order valence-electron chi connectivity index (χ2n) is 0.500. The van der Waals surface area contributed by atoms with Crippen LogP contribution in [-0.2, 0) is 0 Å². The molecule has 0 aromatic rings. The van der Waals surface area contributed by atoms with Crippen molar-refractivity contribution in [2.45, 2.75) is 9.88 Å². The van der Waals surface area contributed by atoms with Crippen LogP contribution in [0.5, 0.6) is 0 Å². The number of rotatable bonds is 0. The Bertz CT molecular complexity index is 9.61. The van der Waals surface area contributed by atoms with E-state index < -0.39 is 0 Å². The third-order valence-electron chi connectivity index (χ3n) is 0. The van der Waals surface area contributed by atoms with E-state index in [1.807, 2.05) is 0 Å². The van der Waals surface area contributed by atoms with E-state index in [0.717, 1.165) is 0 Å². The molecule has 0 atom stereocenters. The van der Waals surface area contributed by atoms with Gasteiger partial charge in [0.05, 0.1) is 0 Å². The van der Waals surface area contributed by atoms with Gasteiger partial charge in [-0.1, -0.05) is 0 Å². The molecule has 0 aromatic carbocycles. The van der Waals surface area contributed by atoms with Gasteiger partial charge in [-0.25, -0.2) is 0 Å². The summed E-state index contributed by atoms with van der Waals surface area (Å²) >= 11 is 0.230. The minimum Gasteiger partial charge on any atom is -1.00 e. The summed E-state index contributed by atoms with van der Waals surface area (Å²) in [7, 11) is 0. The molecular formula is C2H7LiSn. The molecule has 4 heavy (non-hydrogen) atoms. The van der Waals surface area contributed by atoms with E-state index in [-0.39, 0.29) is 41.4 Å². The molecule has 0 aliphatic rings. The molecule has 0 bridgehead atoms. The first kappa shape index (κ1) is 9.04. The molecule has 0 aliphatic carbocycles. The summed E-state index contributed by atoms with van der Waals surface area (Å²) < 4.78 is 0. The minimum absolute atomic E-state index is 0. The molecule has 0 saturated heterocycles. The monoisotopic (exact) mass is 158 g/mol. The van der Waals surface area contributed by atoms with E-state index in [1.165, 1.54) is 0 Å². The first-order valence-corrected chi connectivity index (χ1v) is 6.71. The Hall–Kier alpha value is 1.40. The zero-order valence-electron chi connectivity index (χ0n) is 4.50. The Morgan fingerprint density at radius 2 is 1.50 bits per heavy atom. The van der Waals surface area contributed by atoms with Crippen LogP contribution >= 0.6 is 0 Å². The molecule has 0 nitrogen and oxygen atoms in total. The average molecular weight is 157 g/mol. The molecule has 0 unspecified atom stereocenters. The van der Waals surface area contributed by atoms with Crippen molar-refractivity contribution in [2.75, 3.05) is 0 Å². The fraction of sp³-hybridized carbons (Fsp3) is 1.00. The molecule has 0 amide bonds. The Morgan fingerprint density at radius 3 is 1.50 bits per heavy atom. The summed E-state index contributed by atoms with van der Waals surface area (Å²) in [6.45, 7) is 0. The van der Waals surface area contributed by atoms with Crippen LogP contribution in [0.4, 0.5) is 0 Å². The van der Waals surface area contributed by atoms with Crippen LogP contribution in [-0.4, -0.2) is 21.1 Å². The third-order valence-corrected chi connectivity index (χ3v) is 0. The van der Waals surface area contributed by atoms with Crippen LogP contribution in [0.2, 0.25) is 9.88 Å². The largest absolute Gasteiger partial charge is 1.00 e. The number of hydrogen-bond donors (Lipinski definition) is 0. The van der Waals surface area contributed by atoms with E-state index in [2.05, 4.69) is 9.88 Å². The van der Waals surface area contributed by atoms with Crippen molar-refractivity contribution in [1.82, 2.24) is 0 Å². The molecule has 0 aliphatic heterocycles. The fourth-order valence-corrected chi connectivity index (χ4v) is 0. The third kappa shape index (κ3) is 10.0. The quantitative estimate of drug-likeness (QED) is 0.353. The van der Waals surface area contributed by atoms with Gasteiger partial charge >= 0.3 is 49.9 Å². The van der Waals surface area contributed by atoms with Crippen molar-refractivity contribution in [3.8, 4) is 0 Å². The number of hydrogen-bond acceptors (Lipinski definition) is 0. The average Bonchev–Trinajstić information content (AvgIpc) is 0.918. The second-order valence-corrected chi connectivity index (χ2v) is 3.35. The Kier molecular flexibility index (Phi) is 20.0. The van der Waals surface area contributed by atoms with E-state index in [9.17, 15) is 0 Å². The van der Waals surface area contributed by atoms with E-state index >= 15 is 0 Å². The Labute approximate surface area is 51.2 Å². The van der Waals surface area contributed by atoms with Crippen molar-refractivity contribution in [2.24, 2.45) is 0 Å². The van der Waals surface area contributed by atoms with Gasteiger partial charge in [0.2, 0.25) is 0 Å². The Balaban J connectivity index is -0.0000000200. The predicted molar refractivity (Wildman–Crippen MR) is 18.6 cm³/mol. The summed E-state index contributed by atoms with van der Waals surface area (Å²) in [5.41, 5.74) is 0. The molecule has 20 valence electrons. The van der Waals surface area contributed by atoms with Gasteiger partial charge in [-0.3, -0.25) is 0 Å². The molecular weight excluding hydrogens is 150 g/mol. The summed E-state index contributed by atoms with van der Waals surface area (Å²) in [5.74, 6) is 0. The molecule has 0 fully saturated rings. The van der Waals surface area contributed by atoms with E-state index in [0.29, 0.717) is 0 Å². The SMILES string of the molecule is [CH3][Sn][CH3].[H-].[Li+]. The van der Waals surface area contributed by atoms with Gasteiger partial charge in [-0.05, 0) is 0 Å². The topological polar surface area (TPSA) is 0 Å². The predicted octanol–water partition coefficient (Wildman–Crippen LogP) is -2.10. The second kappa shape index (κ2) is 8.83. The van der Waals surface area contributed by atoms with Gasteiger partial charge in [0.25, 0.3) is 0 Å². The smallest absolute Gasteiger partial charge is 1.00 e.